The molecule has 0 saturated heterocycles. The number of aliphatic hydroxyl groups excluding tert-OH is 2. The van der Waals surface area contributed by atoms with Crippen molar-refractivity contribution in [3.63, 3.8) is 0 Å². The lowest BCUT2D eigenvalue weighted by Gasteiger charge is -2.04. The van der Waals surface area contributed by atoms with Gasteiger partial charge in [-0.25, -0.2) is 9.97 Å². The predicted molar refractivity (Wildman–Crippen MR) is 105 cm³/mol. The number of fused-ring (bicyclic) bond motifs is 1. The number of aliphatic hydroxyl groups is 2. The first-order chi connectivity index (χ1) is 12.4. The van der Waals surface area contributed by atoms with Gasteiger partial charge < -0.3 is 10.2 Å². The summed E-state index contributed by atoms with van der Waals surface area (Å²) in [5.41, 5.74) is 2.85. The summed E-state index contributed by atoms with van der Waals surface area (Å²) in [7, 11) is 0. The number of ketones is 1. The maximum Gasteiger partial charge on any atom is 0.223 e. The number of aromatic nitrogens is 2. The van der Waals surface area contributed by atoms with Gasteiger partial charge in [0.2, 0.25) is 5.78 Å². The Morgan fingerprint density at radius 2 is 1.62 bits per heavy atom. The molecule has 0 atom stereocenters. The third-order valence-electron chi connectivity index (χ3n) is 3.72. The third-order valence-corrected chi connectivity index (χ3v) is 4.24. The van der Waals surface area contributed by atoms with Crippen LogP contribution in [-0.2, 0) is 4.79 Å². The Labute approximate surface area is 158 Å². The van der Waals surface area contributed by atoms with Crippen LogP contribution in [0.3, 0.4) is 0 Å². The fourth-order valence-electron chi connectivity index (χ4n) is 2.34. The number of aryl methyl sites for hydroxylation is 1. The Balaban J connectivity index is 1.89. The molecule has 3 rings (SSSR count). The molecule has 0 unspecified atom stereocenters. The van der Waals surface area contributed by atoms with E-state index in [0.717, 1.165) is 16.1 Å². The molecule has 0 aliphatic heterocycles. The van der Waals surface area contributed by atoms with Gasteiger partial charge in [-0.2, -0.15) is 0 Å². The largest absolute Gasteiger partial charge is 0.507 e. The highest BCUT2D eigenvalue weighted by Gasteiger charge is 2.11. The van der Waals surface area contributed by atoms with Crippen LogP contribution in [0, 0.1) is 6.92 Å². The smallest absolute Gasteiger partial charge is 0.223 e. The van der Waals surface area contributed by atoms with E-state index in [4.69, 9.17) is 0 Å². The van der Waals surface area contributed by atoms with Crippen molar-refractivity contribution >= 4 is 44.6 Å². The van der Waals surface area contributed by atoms with E-state index in [1.807, 2.05) is 18.2 Å². The van der Waals surface area contributed by atoms with Crippen molar-refractivity contribution in [3.05, 3.63) is 81.8 Å². The van der Waals surface area contributed by atoms with Gasteiger partial charge >= 0.3 is 0 Å². The second kappa shape index (κ2) is 7.49. The molecule has 0 amide bonds. The number of nitrogens with zero attached hydrogens (tertiary/aromatic N) is 2. The first kappa shape index (κ1) is 17.8. The predicted octanol–water partition coefficient (Wildman–Crippen LogP) is 4.77. The normalized spacial score (nSPS) is 12.4. The zero-order chi connectivity index (χ0) is 18.7. The van der Waals surface area contributed by atoms with Crippen LogP contribution < -0.4 is 0 Å². The van der Waals surface area contributed by atoms with Gasteiger partial charge in [-0.15, -0.1) is 0 Å². The molecule has 0 aliphatic rings. The molecule has 0 radical (unpaired) electrons. The molecule has 0 saturated carbocycles. The molecule has 2 aromatic carbocycles. The second-order valence-corrected chi connectivity index (χ2v) is 6.53. The topological polar surface area (TPSA) is 83.3 Å². The standard InChI is InChI=1S/C20H15BrN2O3/c1-12-17(23-16-5-3-2-4-15(16)22-12)10-19(25)20(26)11-18(24)13-6-8-14(21)9-7-13/h2-11,24-25H,1H3/b18-11-,19-10-. The summed E-state index contributed by atoms with van der Waals surface area (Å²) in [4.78, 5) is 21.0. The summed E-state index contributed by atoms with van der Waals surface area (Å²) >= 11 is 3.30. The van der Waals surface area contributed by atoms with Gasteiger partial charge in [0, 0.05) is 22.2 Å². The van der Waals surface area contributed by atoms with Crippen molar-refractivity contribution in [1.82, 2.24) is 9.97 Å². The number of hydrogen-bond donors (Lipinski definition) is 2. The zero-order valence-electron chi connectivity index (χ0n) is 13.8. The van der Waals surface area contributed by atoms with Crippen LogP contribution in [0.1, 0.15) is 17.0 Å². The van der Waals surface area contributed by atoms with E-state index in [1.165, 1.54) is 6.08 Å². The fraction of sp³-hybridized carbons (Fsp3) is 0.0500. The van der Waals surface area contributed by atoms with E-state index >= 15 is 0 Å². The molecule has 3 aromatic rings. The van der Waals surface area contributed by atoms with E-state index in [2.05, 4.69) is 25.9 Å². The minimum Gasteiger partial charge on any atom is -0.507 e. The number of halogens is 1. The first-order valence-electron chi connectivity index (χ1n) is 7.79. The minimum atomic E-state index is -0.722. The Morgan fingerprint density at radius 3 is 2.27 bits per heavy atom. The highest BCUT2D eigenvalue weighted by molar-refractivity contribution is 9.10. The van der Waals surface area contributed by atoms with E-state index in [0.29, 0.717) is 22.5 Å². The van der Waals surface area contributed by atoms with E-state index in [9.17, 15) is 15.0 Å². The summed E-state index contributed by atoms with van der Waals surface area (Å²) in [5, 5.41) is 20.1. The van der Waals surface area contributed by atoms with Gasteiger partial charge in [-0.3, -0.25) is 4.79 Å². The molecule has 2 N–H and O–H groups in total. The minimum absolute atomic E-state index is 0.233. The molecule has 0 aliphatic carbocycles. The maximum atomic E-state index is 12.2. The highest BCUT2D eigenvalue weighted by Crippen LogP contribution is 2.18. The van der Waals surface area contributed by atoms with Crippen molar-refractivity contribution < 1.29 is 15.0 Å². The number of carbonyl (C=O) groups is 1. The van der Waals surface area contributed by atoms with Crippen molar-refractivity contribution in [1.29, 1.82) is 0 Å². The Hall–Kier alpha value is -2.99. The number of allylic oxidation sites excluding steroid dienone is 1. The lowest BCUT2D eigenvalue weighted by atomic mass is 10.1. The van der Waals surface area contributed by atoms with Crippen molar-refractivity contribution in [3.8, 4) is 0 Å². The SMILES string of the molecule is Cc1nc2ccccc2nc1/C=C(\O)C(=O)/C=C(\O)c1ccc(Br)cc1. The maximum absolute atomic E-state index is 12.2. The summed E-state index contributed by atoms with van der Waals surface area (Å²) in [5.74, 6) is -1.48. The van der Waals surface area contributed by atoms with E-state index < -0.39 is 11.5 Å². The van der Waals surface area contributed by atoms with Crippen molar-refractivity contribution in [2.75, 3.05) is 0 Å². The summed E-state index contributed by atoms with van der Waals surface area (Å²) in [6.45, 7) is 1.75. The van der Waals surface area contributed by atoms with Crippen LogP contribution in [0.15, 0.2) is 64.8 Å². The van der Waals surface area contributed by atoms with Crippen LogP contribution in [0.4, 0.5) is 0 Å². The highest BCUT2D eigenvalue weighted by atomic mass is 79.9. The van der Waals surface area contributed by atoms with E-state index in [1.54, 1.807) is 37.3 Å². The number of carbonyl (C=O) groups excluding carboxylic acids is 1. The van der Waals surface area contributed by atoms with Gasteiger partial charge in [-0.05, 0) is 31.2 Å². The molecule has 1 heterocycles. The van der Waals surface area contributed by atoms with Gasteiger partial charge in [0.1, 0.15) is 5.76 Å². The van der Waals surface area contributed by atoms with Crippen LogP contribution >= 0.6 is 15.9 Å². The van der Waals surface area contributed by atoms with Crippen LogP contribution in [0.25, 0.3) is 22.9 Å². The summed E-state index contributed by atoms with van der Waals surface area (Å²) in [6.07, 6.45) is 2.22. The lowest BCUT2D eigenvalue weighted by Crippen LogP contribution is -2.01. The van der Waals surface area contributed by atoms with E-state index in [-0.39, 0.29) is 5.76 Å². The van der Waals surface area contributed by atoms with Crippen LogP contribution in [0.5, 0.6) is 0 Å². The monoisotopic (exact) mass is 410 g/mol. The summed E-state index contributed by atoms with van der Waals surface area (Å²) < 4.78 is 0.855. The average Bonchev–Trinajstić information content (AvgIpc) is 2.62. The van der Waals surface area contributed by atoms with Crippen molar-refractivity contribution in [2.45, 2.75) is 6.92 Å². The molecule has 26 heavy (non-hydrogen) atoms. The molecule has 0 bridgehead atoms. The molecule has 5 nitrogen and oxygen atoms in total. The Morgan fingerprint density at radius 1 is 1.00 bits per heavy atom. The van der Waals surface area contributed by atoms with Gasteiger partial charge in [0.05, 0.1) is 22.4 Å². The zero-order valence-corrected chi connectivity index (χ0v) is 15.4. The molecular formula is C20H15BrN2O3. The average molecular weight is 411 g/mol. The van der Waals surface area contributed by atoms with Crippen LogP contribution in [-0.4, -0.2) is 26.0 Å². The molecule has 0 spiro atoms. The Bertz CT molecular complexity index is 1040. The Kier molecular flexibility index (Phi) is 5.14. The molecule has 130 valence electrons. The number of rotatable bonds is 4. The summed E-state index contributed by atoms with van der Waals surface area (Å²) in [6, 6.07) is 14.1. The van der Waals surface area contributed by atoms with Gasteiger partial charge in [0.15, 0.2) is 5.76 Å². The van der Waals surface area contributed by atoms with Crippen molar-refractivity contribution in [2.24, 2.45) is 0 Å². The number of benzene rings is 2. The third kappa shape index (κ3) is 3.97. The fourth-order valence-corrected chi connectivity index (χ4v) is 2.61. The number of para-hydroxylation sites is 2. The molecular weight excluding hydrogens is 396 g/mol. The number of hydrogen-bond acceptors (Lipinski definition) is 5. The lowest BCUT2D eigenvalue weighted by molar-refractivity contribution is -0.113. The quantitative estimate of drug-likeness (QED) is 0.478. The van der Waals surface area contributed by atoms with Gasteiger partial charge in [-0.1, -0.05) is 40.2 Å². The van der Waals surface area contributed by atoms with Gasteiger partial charge in [0.25, 0.3) is 0 Å². The molecule has 1 aromatic heterocycles. The van der Waals surface area contributed by atoms with Crippen LogP contribution in [0.2, 0.25) is 0 Å². The molecule has 0 fully saturated rings. The first-order valence-corrected chi connectivity index (χ1v) is 8.58. The second-order valence-electron chi connectivity index (χ2n) is 5.61. The molecule has 6 heteroatoms.